The Morgan fingerprint density at radius 1 is 1.26 bits per heavy atom. The van der Waals surface area contributed by atoms with Gasteiger partial charge in [-0.1, -0.05) is 12.1 Å². The summed E-state index contributed by atoms with van der Waals surface area (Å²) in [5.41, 5.74) is 1.49. The number of para-hydroxylation sites is 2. The fourth-order valence-corrected chi connectivity index (χ4v) is 2.90. The molecule has 4 heteroatoms. The van der Waals surface area contributed by atoms with E-state index < -0.39 is 5.54 Å². The first-order chi connectivity index (χ1) is 9.09. The van der Waals surface area contributed by atoms with Gasteiger partial charge in [0.15, 0.2) is 0 Å². The van der Waals surface area contributed by atoms with Crippen LogP contribution in [0, 0.1) is 0 Å². The van der Waals surface area contributed by atoms with Crippen molar-refractivity contribution in [2.75, 3.05) is 23.4 Å². The van der Waals surface area contributed by atoms with Crippen LogP contribution in [0.4, 0.5) is 11.4 Å². The maximum atomic E-state index is 12.7. The van der Waals surface area contributed by atoms with Gasteiger partial charge in [0, 0.05) is 19.3 Å². The van der Waals surface area contributed by atoms with E-state index >= 15 is 0 Å². The molecule has 0 unspecified atom stereocenters. The van der Waals surface area contributed by atoms with Crippen LogP contribution >= 0.6 is 0 Å². The number of carbonyl (C=O) groups excluding carboxylic acids is 1. The Labute approximate surface area is 113 Å². The summed E-state index contributed by atoms with van der Waals surface area (Å²) in [6, 6.07) is 8.29. The van der Waals surface area contributed by atoms with Gasteiger partial charge in [-0.05, 0) is 38.8 Å². The molecule has 0 aliphatic carbocycles. The average molecular weight is 260 g/mol. The third kappa shape index (κ3) is 2.10. The number of rotatable bonds is 1. The number of ether oxygens (including phenoxy) is 1. The predicted octanol–water partition coefficient (Wildman–Crippen LogP) is 2.40. The minimum atomic E-state index is -0.549. The van der Waals surface area contributed by atoms with Crippen molar-refractivity contribution in [3.05, 3.63) is 24.3 Å². The summed E-state index contributed by atoms with van der Waals surface area (Å²) in [4.78, 5) is 14.7. The zero-order valence-electron chi connectivity index (χ0n) is 11.5. The van der Waals surface area contributed by atoms with E-state index in [-0.39, 0.29) is 11.9 Å². The highest BCUT2D eigenvalue weighted by Crippen LogP contribution is 2.37. The zero-order chi connectivity index (χ0) is 13.5. The number of hydrogen-bond donors (Lipinski definition) is 1. The Morgan fingerprint density at radius 2 is 1.95 bits per heavy atom. The van der Waals surface area contributed by atoms with E-state index in [1.807, 2.05) is 43.0 Å². The van der Waals surface area contributed by atoms with Crippen molar-refractivity contribution in [2.45, 2.75) is 38.3 Å². The molecule has 1 aromatic rings. The minimum absolute atomic E-state index is 0.151. The Morgan fingerprint density at radius 3 is 2.68 bits per heavy atom. The molecule has 1 amide bonds. The van der Waals surface area contributed by atoms with Gasteiger partial charge in [0.05, 0.1) is 11.4 Å². The zero-order valence-corrected chi connectivity index (χ0v) is 11.5. The van der Waals surface area contributed by atoms with Crippen LogP contribution in [-0.2, 0) is 9.53 Å². The molecule has 3 rings (SSSR count). The summed E-state index contributed by atoms with van der Waals surface area (Å²) in [7, 11) is 0. The molecule has 0 radical (unpaired) electrons. The highest BCUT2D eigenvalue weighted by atomic mass is 16.5. The second kappa shape index (κ2) is 4.53. The first-order valence-corrected chi connectivity index (χ1v) is 6.88. The van der Waals surface area contributed by atoms with Crippen molar-refractivity contribution < 1.29 is 9.53 Å². The van der Waals surface area contributed by atoms with Crippen molar-refractivity contribution in [1.29, 1.82) is 0 Å². The molecule has 0 bridgehead atoms. The Balaban J connectivity index is 2.02. The normalized spacial score (nSPS) is 22.8. The first-order valence-electron chi connectivity index (χ1n) is 6.88. The molecule has 1 fully saturated rings. The molecular weight excluding hydrogens is 240 g/mol. The largest absolute Gasteiger partial charge is 0.381 e. The molecule has 0 aromatic heterocycles. The molecule has 102 valence electrons. The second-order valence-electron chi connectivity index (χ2n) is 5.79. The summed E-state index contributed by atoms with van der Waals surface area (Å²) < 4.78 is 5.41. The number of amides is 1. The Bertz CT molecular complexity index is 493. The fourth-order valence-electron chi connectivity index (χ4n) is 2.90. The number of anilines is 2. The van der Waals surface area contributed by atoms with Crippen LogP contribution < -0.4 is 10.2 Å². The number of benzene rings is 1. The van der Waals surface area contributed by atoms with Gasteiger partial charge in [-0.3, -0.25) is 4.79 Å². The lowest BCUT2D eigenvalue weighted by molar-refractivity contribution is -0.123. The number of carbonyl (C=O) groups is 1. The van der Waals surface area contributed by atoms with Crippen molar-refractivity contribution in [1.82, 2.24) is 0 Å². The molecule has 1 saturated heterocycles. The molecule has 2 aliphatic rings. The maximum Gasteiger partial charge on any atom is 0.252 e. The third-order valence-electron chi connectivity index (χ3n) is 3.92. The lowest BCUT2D eigenvalue weighted by atomic mass is 9.94. The van der Waals surface area contributed by atoms with E-state index in [1.54, 1.807) is 0 Å². The van der Waals surface area contributed by atoms with Crippen molar-refractivity contribution in [3.63, 3.8) is 0 Å². The lowest BCUT2D eigenvalue weighted by Gasteiger charge is -2.44. The molecule has 2 heterocycles. The summed E-state index contributed by atoms with van der Waals surface area (Å²) in [5, 5.41) is 3.33. The number of hydrogen-bond acceptors (Lipinski definition) is 3. The number of nitrogens with zero attached hydrogens (tertiary/aromatic N) is 1. The molecule has 4 nitrogen and oxygen atoms in total. The molecule has 1 N–H and O–H groups in total. The summed E-state index contributed by atoms with van der Waals surface area (Å²) in [6.07, 6.45) is 1.83. The SMILES string of the molecule is CC1(C)Nc2ccccc2N(C2CCOCC2)C1=O. The smallest absolute Gasteiger partial charge is 0.252 e. The molecule has 19 heavy (non-hydrogen) atoms. The monoisotopic (exact) mass is 260 g/mol. The summed E-state index contributed by atoms with van der Waals surface area (Å²) in [5.74, 6) is 0.151. The van der Waals surface area contributed by atoms with Crippen molar-refractivity contribution >= 4 is 17.3 Å². The second-order valence-corrected chi connectivity index (χ2v) is 5.79. The molecule has 2 aliphatic heterocycles. The molecule has 0 spiro atoms. The fraction of sp³-hybridized carbons (Fsp3) is 0.533. The van der Waals surface area contributed by atoms with Crippen LogP contribution in [0.15, 0.2) is 24.3 Å². The van der Waals surface area contributed by atoms with Crippen LogP contribution in [0.1, 0.15) is 26.7 Å². The van der Waals surface area contributed by atoms with Crippen LogP contribution in [0.2, 0.25) is 0 Å². The van der Waals surface area contributed by atoms with Crippen molar-refractivity contribution in [2.24, 2.45) is 0 Å². The van der Waals surface area contributed by atoms with Gasteiger partial charge in [0.1, 0.15) is 5.54 Å². The van der Waals surface area contributed by atoms with E-state index in [0.717, 1.165) is 37.4 Å². The Hall–Kier alpha value is -1.55. The molecule has 0 saturated carbocycles. The molecule has 1 aromatic carbocycles. The van der Waals surface area contributed by atoms with Gasteiger partial charge in [-0.25, -0.2) is 0 Å². The highest BCUT2D eigenvalue weighted by Gasteiger charge is 2.41. The summed E-state index contributed by atoms with van der Waals surface area (Å²) >= 11 is 0. The Kier molecular flexibility index (Phi) is 2.97. The molecule has 0 atom stereocenters. The van der Waals surface area contributed by atoms with E-state index in [1.165, 1.54) is 0 Å². The van der Waals surface area contributed by atoms with Crippen LogP contribution in [-0.4, -0.2) is 30.7 Å². The maximum absolute atomic E-state index is 12.7. The van der Waals surface area contributed by atoms with E-state index in [2.05, 4.69) is 5.32 Å². The van der Waals surface area contributed by atoms with E-state index in [4.69, 9.17) is 4.74 Å². The highest BCUT2D eigenvalue weighted by molar-refractivity contribution is 6.07. The van der Waals surface area contributed by atoms with E-state index in [0.29, 0.717) is 0 Å². The lowest BCUT2D eigenvalue weighted by Crippen LogP contribution is -2.58. The van der Waals surface area contributed by atoms with Gasteiger partial charge in [-0.15, -0.1) is 0 Å². The van der Waals surface area contributed by atoms with Crippen LogP contribution in [0.3, 0.4) is 0 Å². The average Bonchev–Trinajstić information content (AvgIpc) is 2.41. The first kappa shape index (κ1) is 12.5. The molecular formula is C15H20N2O2. The number of fused-ring (bicyclic) bond motifs is 1. The van der Waals surface area contributed by atoms with E-state index in [9.17, 15) is 4.79 Å². The van der Waals surface area contributed by atoms with Gasteiger partial charge in [0.2, 0.25) is 0 Å². The predicted molar refractivity (Wildman–Crippen MR) is 75.5 cm³/mol. The van der Waals surface area contributed by atoms with Crippen LogP contribution in [0.5, 0.6) is 0 Å². The van der Waals surface area contributed by atoms with Gasteiger partial charge in [0.25, 0.3) is 5.91 Å². The standard InChI is InChI=1S/C15H20N2O2/c1-15(2)14(18)17(11-7-9-19-10-8-11)13-6-4-3-5-12(13)16-15/h3-6,11,16H,7-10H2,1-2H3. The van der Waals surface area contributed by atoms with Gasteiger partial charge >= 0.3 is 0 Å². The van der Waals surface area contributed by atoms with Crippen molar-refractivity contribution in [3.8, 4) is 0 Å². The van der Waals surface area contributed by atoms with Gasteiger partial charge in [-0.2, -0.15) is 0 Å². The minimum Gasteiger partial charge on any atom is -0.381 e. The quantitative estimate of drug-likeness (QED) is 0.843. The third-order valence-corrected chi connectivity index (χ3v) is 3.92. The number of nitrogens with one attached hydrogen (secondary N) is 1. The van der Waals surface area contributed by atoms with Gasteiger partial charge < -0.3 is 15.0 Å². The summed E-state index contributed by atoms with van der Waals surface area (Å²) in [6.45, 7) is 5.37. The topological polar surface area (TPSA) is 41.6 Å². The van der Waals surface area contributed by atoms with Crippen LogP contribution in [0.25, 0.3) is 0 Å².